The molecule has 6 nitrogen and oxygen atoms in total. The van der Waals surface area contributed by atoms with Gasteiger partial charge in [-0.1, -0.05) is 12.2 Å². The minimum Gasteiger partial charge on any atom is -0.375 e. The van der Waals surface area contributed by atoms with Gasteiger partial charge in [-0.15, -0.1) is 0 Å². The molecule has 0 atom stereocenters. The molecule has 0 N–H and O–H groups in total. The highest BCUT2D eigenvalue weighted by Gasteiger charge is 2.17. The molecule has 1 saturated heterocycles. The molecule has 0 unspecified atom stereocenters. The fraction of sp³-hybridized carbons (Fsp3) is 0.667. The maximum Gasteiger partial charge on any atom is 0.219 e. The number of allylic oxidation sites excluding steroid dienone is 2. The number of hydrogen-bond donors (Lipinski definition) is 0. The van der Waals surface area contributed by atoms with Crippen molar-refractivity contribution >= 4 is 5.91 Å². The highest BCUT2D eigenvalue weighted by Crippen LogP contribution is 2.11. The van der Waals surface area contributed by atoms with Crippen LogP contribution in [0.3, 0.4) is 0 Å². The molecule has 0 spiro atoms. The summed E-state index contributed by atoms with van der Waals surface area (Å²) in [5.74, 6) is 0.194. The predicted molar refractivity (Wildman–Crippen MR) is 92.7 cm³/mol. The predicted octanol–water partition coefficient (Wildman–Crippen LogP) is 1.46. The van der Waals surface area contributed by atoms with Crippen LogP contribution >= 0.6 is 0 Å². The van der Waals surface area contributed by atoms with Crippen molar-refractivity contribution < 1.29 is 9.53 Å². The first kappa shape index (κ1) is 17.2. The molecule has 3 heterocycles. The third-order valence-electron chi connectivity index (χ3n) is 4.77. The zero-order valence-electron chi connectivity index (χ0n) is 14.6. The van der Waals surface area contributed by atoms with Gasteiger partial charge in [-0.05, 0) is 25.5 Å². The lowest BCUT2D eigenvalue weighted by atomic mass is 10.2. The van der Waals surface area contributed by atoms with Gasteiger partial charge in [-0.3, -0.25) is 14.4 Å². The Balaban J connectivity index is 1.24. The van der Waals surface area contributed by atoms with Gasteiger partial charge in [0.2, 0.25) is 5.91 Å². The largest absolute Gasteiger partial charge is 0.375 e. The van der Waals surface area contributed by atoms with Crippen LogP contribution in [0, 0.1) is 0 Å². The van der Waals surface area contributed by atoms with E-state index in [9.17, 15) is 4.79 Å². The van der Waals surface area contributed by atoms with Gasteiger partial charge in [-0.2, -0.15) is 5.10 Å². The Morgan fingerprint density at radius 3 is 2.79 bits per heavy atom. The number of amides is 1. The van der Waals surface area contributed by atoms with Crippen LogP contribution in [0.1, 0.15) is 31.2 Å². The van der Waals surface area contributed by atoms with Gasteiger partial charge >= 0.3 is 0 Å². The molecule has 1 fully saturated rings. The number of rotatable bonds is 7. The van der Waals surface area contributed by atoms with Crippen molar-refractivity contribution in [3.63, 3.8) is 0 Å². The van der Waals surface area contributed by atoms with E-state index in [1.807, 2.05) is 4.90 Å². The highest BCUT2D eigenvalue weighted by atomic mass is 16.5. The Hall–Kier alpha value is -1.66. The molecular formula is C18H28N4O2. The number of piperazine rings is 1. The van der Waals surface area contributed by atoms with Crippen molar-refractivity contribution in [3.8, 4) is 0 Å². The SMILES string of the molecule is CC(=O)N1CCN(CCCCOCc2cc3n(n2)CC=CC3)CC1. The summed E-state index contributed by atoms with van der Waals surface area (Å²) in [5, 5.41) is 4.56. The summed E-state index contributed by atoms with van der Waals surface area (Å²) in [6.07, 6.45) is 7.54. The Kier molecular flexibility index (Phi) is 6.04. The molecule has 0 saturated carbocycles. The number of fused-ring (bicyclic) bond motifs is 1. The first-order chi connectivity index (χ1) is 11.7. The van der Waals surface area contributed by atoms with E-state index in [2.05, 4.69) is 32.9 Å². The van der Waals surface area contributed by atoms with E-state index >= 15 is 0 Å². The Labute approximate surface area is 144 Å². The molecule has 0 aliphatic carbocycles. The minimum absolute atomic E-state index is 0.194. The van der Waals surface area contributed by atoms with Crippen LogP contribution in [0.4, 0.5) is 0 Å². The lowest BCUT2D eigenvalue weighted by Gasteiger charge is -2.34. The highest BCUT2D eigenvalue weighted by molar-refractivity contribution is 5.73. The fourth-order valence-electron chi connectivity index (χ4n) is 3.29. The van der Waals surface area contributed by atoms with Crippen LogP contribution < -0.4 is 0 Å². The maximum absolute atomic E-state index is 11.3. The summed E-state index contributed by atoms with van der Waals surface area (Å²) >= 11 is 0. The summed E-state index contributed by atoms with van der Waals surface area (Å²) in [7, 11) is 0. The number of hydrogen-bond acceptors (Lipinski definition) is 4. The van der Waals surface area contributed by atoms with E-state index in [1.165, 1.54) is 5.69 Å². The number of nitrogens with zero attached hydrogens (tertiary/aromatic N) is 4. The van der Waals surface area contributed by atoms with Crippen LogP contribution in [0.25, 0.3) is 0 Å². The summed E-state index contributed by atoms with van der Waals surface area (Å²) in [6.45, 7) is 8.75. The maximum atomic E-state index is 11.3. The van der Waals surface area contributed by atoms with E-state index < -0.39 is 0 Å². The molecule has 0 bridgehead atoms. The van der Waals surface area contributed by atoms with E-state index in [0.717, 1.165) is 70.8 Å². The van der Waals surface area contributed by atoms with E-state index in [0.29, 0.717) is 6.61 Å². The first-order valence-electron chi connectivity index (χ1n) is 8.98. The fourth-order valence-corrected chi connectivity index (χ4v) is 3.29. The van der Waals surface area contributed by atoms with Crippen molar-refractivity contribution in [2.24, 2.45) is 0 Å². The lowest BCUT2D eigenvalue weighted by molar-refractivity contribution is -0.130. The van der Waals surface area contributed by atoms with Gasteiger partial charge in [0.05, 0.1) is 18.8 Å². The van der Waals surface area contributed by atoms with E-state index in [4.69, 9.17) is 4.74 Å². The molecule has 24 heavy (non-hydrogen) atoms. The Morgan fingerprint density at radius 2 is 2.04 bits per heavy atom. The zero-order valence-corrected chi connectivity index (χ0v) is 14.6. The number of aromatic nitrogens is 2. The molecule has 1 aromatic rings. The molecule has 2 aliphatic rings. The number of unbranched alkanes of at least 4 members (excludes halogenated alkanes) is 1. The molecule has 132 valence electrons. The van der Waals surface area contributed by atoms with Crippen molar-refractivity contribution in [3.05, 3.63) is 29.6 Å². The first-order valence-corrected chi connectivity index (χ1v) is 8.98. The molecule has 2 aliphatic heterocycles. The van der Waals surface area contributed by atoms with Crippen molar-refractivity contribution in [2.45, 2.75) is 39.3 Å². The molecule has 0 radical (unpaired) electrons. The number of ether oxygens (including phenoxy) is 1. The summed E-state index contributed by atoms with van der Waals surface area (Å²) in [4.78, 5) is 15.7. The van der Waals surface area contributed by atoms with Gasteiger partial charge in [0.15, 0.2) is 0 Å². The second-order valence-corrected chi connectivity index (χ2v) is 6.59. The lowest BCUT2D eigenvalue weighted by Crippen LogP contribution is -2.48. The van der Waals surface area contributed by atoms with Gasteiger partial charge in [0.1, 0.15) is 0 Å². The van der Waals surface area contributed by atoms with Crippen molar-refractivity contribution in [1.82, 2.24) is 19.6 Å². The standard InChI is InChI=1S/C18H28N4O2/c1-16(23)21-11-9-20(10-12-21)7-4-5-13-24-15-17-14-18-6-2-3-8-22(18)19-17/h2-3,14H,4-13,15H2,1H3. The Morgan fingerprint density at radius 1 is 1.21 bits per heavy atom. The van der Waals surface area contributed by atoms with Crippen LogP contribution in [0.15, 0.2) is 18.2 Å². The second-order valence-electron chi connectivity index (χ2n) is 6.59. The quantitative estimate of drug-likeness (QED) is 0.560. The number of carbonyl (C=O) groups excluding carboxylic acids is 1. The monoisotopic (exact) mass is 332 g/mol. The zero-order chi connectivity index (χ0) is 16.8. The molecule has 3 rings (SSSR count). The smallest absolute Gasteiger partial charge is 0.219 e. The van der Waals surface area contributed by atoms with Crippen LogP contribution in [0.2, 0.25) is 0 Å². The van der Waals surface area contributed by atoms with Crippen LogP contribution in [0.5, 0.6) is 0 Å². The third kappa shape index (κ3) is 4.68. The average molecular weight is 332 g/mol. The normalized spacial score (nSPS) is 18.0. The van der Waals surface area contributed by atoms with Crippen molar-refractivity contribution in [2.75, 3.05) is 39.3 Å². The van der Waals surface area contributed by atoms with Gasteiger partial charge < -0.3 is 9.64 Å². The average Bonchev–Trinajstić information content (AvgIpc) is 3.01. The molecule has 1 amide bonds. The second kappa shape index (κ2) is 8.44. The van der Waals surface area contributed by atoms with Crippen molar-refractivity contribution in [1.29, 1.82) is 0 Å². The molecule has 1 aromatic heterocycles. The summed E-state index contributed by atoms with van der Waals surface area (Å²) < 4.78 is 7.82. The van der Waals surface area contributed by atoms with E-state index in [1.54, 1.807) is 6.92 Å². The topological polar surface area (TPSA) is 50.6 Å². The Bertz CT molecular complexity index is 548. The number of carbonyl (C=O) groups is 1. The van der Waals surface area contributed by atoms with Crippen LogP contribution in [-0.4, -0.2) is 64.8 Å². The third-order valence-corrected chi connectivity index (χ3v) is 4.77. The minimum atomic E-state index is 0.194. The van der Waals surface area contributed by atoms with E-state index in [-0.39, 0.29) is 5.91 Å². The summed E-state index contributed by atoms with van der Waals surface area (Å²) in [5.41, 5.74) is 2.31. The molecule has 6 heteroatoms. The van der Waals surface area contributed by atoms with Gasteiger partial charge in [0.25, 0.3) is 0 Å². The summed E-state index contributed by atoms with van der Waals surface area (Å²) in [6, 6.07) is 2.15. The molecular weight excluding hydrogens is 304 g/mol. The van der Waals surface area contributed by atoms with Gasteiger partial charge in [-0.25, -0.2) is 0 Å². The van der Waals surface area contributed by atoms with Crippen LogP contribution in [-0.2, 0) is 29.1 Å². The van der Waals surface area contributed by atoms with Gasteiger partial charge in [0, 0.05) is 51.8 Å². The molecule has 0 aromatic carbocycles.